The Morgan fingerprint density at radius 2 is 1.81 bits per heavy atom. The largest absolute Gasteiger partial charge is 0.493 e. The van der Waals surface area contributed by atoms with Crippen molar-refractivity contribution < 1.29 is 27.7 Å². The van der Waals surface area contributed by atoms with Gasteiger partial charge in [-0.3, -0.25) is 9.52 Å². The lowest BCUT2D eigenvalue weighted by Crippen LogP contribution is -2.17. The number of aliphatic hydroxyl groups is 1. The highest BCUT2D eigenvalue weighted by Gasteiger charge is 2.22. The van der Waals surface area contributed by atoms with Crippen LogP contribution in [0.3, 0.4) is 0 Å². The van der Waals surface area contributed by atoms with Gasteiger partial charge in [-0.25, -0.2) is 17.9 Å². The summed E-state index contributed by atoms with van der Waals surface area (Å²) in [6, 6.07) is 8.93. The minimum Gasteiger partial charge on any atom is -0.493 e. The number of aromatic nitrogens is 4. The number of hydrogen-bond donors (Lipinski definition) is 3. The predicted octanol–water partition coefficient (Wildman–Crippen LogP) is 4.10. The third-order valence-corrected chi connectivity index (χ3v) is 7.96. The molecule has 0 aliphatic rings. The van der Waals surface area contributed by atoms with E-state index in [2.05, 4.69) is 26.7 Å². The first-order chi connectivity index (χ1) is 20.2. The highest BCUT2D eigenvalue weighted by atomic mass is 32.2. The Balaban J connectivity index is 1.74. The number of anilines is 1. The number of unbranched alkanes of at least 4 members (excludes halogenated alkanes) is 3. The molecule has 0 saturated carbocycles. The molecule has 42 heavy (non-hydrogen) atoms. The second-order valence-corrected chi connectivity index (χ2v) is 11.3. The molecule has 0 spiro atoms. The van der Waals surface area contributed by atoms with Crippen molar-refractivity contribution in [3.05, 3.63) is 58.3 Å². The number of nitrogens with zero attached hydrogens (tertiary/aromatic N) is 3. The second kappa shape index (κ2) is 13.7. The van der Waals surface area contributed by atoms with E-state index < -0.39 is 10.0 Å². The van der Waals surface area contributed by atoms with Crippen molar-refractivity contribution in [2.24, 2.45) is 0 Å². The number of sulfonamides is 1. The van der Waals surface area contributed by atoms with Gasteiger partial charge in [-0.1, -0.05) is 26.2 Å². The maximum atomic E-state index is 13.5. The van der Waals surface area contributed by atoms with Crippen molar-refractivity contribution in [3.8, 4) is 28.6 Å². The molecule has 0 aliphatic carbocycles. The van der Waals surface area contributed by atoms with Crippen LogP contribution < -0.4 is 24.5 Å². The molecule has 2 aromatic heterocycles. The fourth-order valence-corrected chi connectivity index (χ4v) is 5.67. The summed E-state index contributed by atoms with van der Waals surface area (Å²) in [5.41, 5.74) is 1.09. The molecule has 2 heterocycles. The molecule has 0 unspecified atom stereocenters. The summed E-state index contributed by atoms with van der Waals surface area (Å²) in [6.07, 6.45) is 4.84. The number of ether oxygens (including phenoxy) is 3. The Hall–Kier alpha value is -4.10. The normalized spacial score (nSPS) is 11.5. The molecule has 4 aromatic rings. The van der Waals surface area contributed by atoms with Crippen molar-refractivity contribution in [1.29, 1.82) is 0 Å². The molecule has 0 fully saturated rings. The van der Waals surface area contributed by atoms with Gasteiger partial charge in [0.25, 0.3) is 15.6 Å². The van der Waals surface area contributed by atoms with Crippen LogP contribution in [0.25, 0.3) is 16.9 Å². The van der Waals surface area contributed by atoms with Crippen molar-refractivity contribution in [2.45, 2.75) is 57.8 Å². The Labute approximate surface area is 244 Å². The maximum Gasteiger partial charge on any atom is 0.277 e. The minimum atomic E-state index is -4.10. The molecule has 0 bridgehead atoms. The van der Waals surface area contributed by atoms with Gasteiger partial charge in [0.2, 0.25) is 0 Å². The SMILES string of the molecule is CCCCCCc1nc(C)c2c(=O)[nH]c(-c3cc(S(=O)(=O)Nc4ccc(OC)c(OCCO)c4)ccc3OCC)nn12. The van der Waals surface area contributed by atoms with E-state index in [1.54, 1.807) is 17.5 Å². The summed E-state index contributed by atoms with van der Waals surface area (Å²) in [4.78, 5) is 20.5. The number of benzene rings is 2. The molecule has 226 valence electrons. The fraction of sp³-hybridized carbons (Fsp3) is 0.414. The maximum absolute atomic E-state index is 13.5. The third kappa shape index (κ3) is 6.85. The summed E-state index contributed by atoms with van der Waals surface area (Å²) in [5, 5.41) is 13.8. The zero-order valence-electron chi connectivity index (χ0n) is 24.3. The second-order valence-electron chi connectivity index (χ2n) is 9.62. The van der Waals surface area contributed by atoms with Crippen LogP contribution >= 0.6 is 0 Å². The topological polar surface area (TPSA) is 157 Å². The number of rotatable bonds is 15. The lowest BCUT2D eigenvalue weighted by Gasteiger charge is -2.15. The van der Waals surface area contributed by atoms with E-state index in [1.165, 1.54) is 37.4 Å². The lowest BCUT2D eigenvalue weighted by molar-refractivity contribution is 0.196. The lowest BCUT2D eigenvalue weighted by atomic mass is 10.1. The van der Waals surface area contributed by atoms with Crippen LogP contribution in [0, 0.1) is 6.92 Å². The molecule has 0 amide bonds. The third-order valence-electron chi connectivity index (χ3n) is 6.58. The van der Waals surface area contributed by atoms with Crippen molar-refractivity contribution in [2.75, 3.05) is 31.7 Å². The summed E-state index contributed by atoms with van der Waals surface area (Å²) in [6.45, 7) is 5.84. The van der Waals surface area contributed by atoms with Crippen molar-refractivity contribution >= 4 is 21.2 Å². The average Bonchev–Trinajstić information content (AvgIpc) is 3.29. The van der Waals surface area contributed by atoms with Gasteiger partial charge >= 0.3 is 0 Å². The van der Waals surface area contributed by atoms with Gasteiger partial charge in [-0.2, -0.15) is 0 Å². The Morgan fingerprint density at radius 1 is 1.02 bits per heavy atom. The Morgan fingerprint density at radius 3 is 2.52 bits per heavy atom. The molecule has 4 rings (SSSR count). The number of aromatic amines is 1. The number of hydrogen-bond acceptors (Lipinski definition) is 9. The molecular weight excluding hydrogens is 562 g/mol. The number of imidazole rings is 1. The molecule has 0 aliphatic heterocycles. The van der Waals surface area contributed by atoms with Crippen LogP contribution in [0.1, 0.15) is 51.0 Å². The highest BCUT2D eigenvalue weighted by Crippen LogP contribution is 2.33. The van der Waals surface area contributed by atoms with Gasteiger partial charge in [0.15, 0.2) is 22.8 Å². The number of methoxy groups -OCH3 is 1. The van der Waals surface area contributed by atoms with Crippen LogP contribution in [0.2, 0.25) is 0 Å². The van der Waals surface area contributed by atoms with E-state index in [9.17, 15) is 13.2 Å². The minimum absolute atomic E-state index is 0.0151. The van der Waals surface area contributed by atoms with Crippen LogP contribution in [-0.4, -0.2) is 60.0 Å². The first-order valence-electron chi connectivity index (χ1n) is 13.9. The molecule has 13 heteroatoms. The van der Waals surface area contributed by atoms with Crippen LogP contribution in [-0.2, 0) is 16.4 Å². The van der Waals surface area contributed by atoms with Gasteiger partial charge < -0.3 is 24.3 Å². The van der Waals surface area contributed by atoms with Gasteiger partial charge in [0, 0.05) is 12.5 Å². The number of H-pyrrole nitrogens is 1. The number of aryl methyl sites for hydroxylation is 2. The molecule has 12 nitrogen and oxygen atoms in total. The van der Waals surface area contributed by atoms with Gasteiger partial charge in [-0.05, 0) is 50.6 Å². The average molecular weight is 600 g/mol. The van der Waals surface area contributed by atoms with E-state index in [1.807, 2.05) is 6.92 Å². The first-order valence-corrected chi connectivity index (χ1v) is 15.4. The quantitative estimate of drug-likeness (QED) is 0.171. The van der Waals surface area contributed by atoms with Crippen LogP contribution in [0.4, 0.5) is 5.69 Å². The highest BCUT2D eigenvalue weighted by molar-refractivity contribution is 7.92. The van der Waals surface area contributed by atoms with Gasteiger partial charge in [-0.15, -0.1) is 5.10 Å². The van der Waals surface area contributed by atoms with Gasteiger partial charge in [0.05, 0.1) is 42.2 Å². The number of aliphatic hydroxyl groups excluding tert-OH is 1. The van der Waals surface area contributed by atoms with E-state index >= 15 is 0 Å². The van der Waals surface area contributed by atoms with E-state index in [0.717, 1.165) is 25.7 Å². The first kappa shape index (κ1) is 30.8. The smallest absolute Gasteiger partial charge is 0.277 e. The molecule has 0 atom stereocenters. The fourth-order valence-electron chi connectivity index (χ4n) is 4.59. The summed E-state index contributed by atoms with van der Waals surface area (Å²) >= 11 is 0. The van der Waals surface area contributed by atoms with Gasteiger partial charge in [0.1, 0.15) is 18.2 Å². The molecule has 3 N–H and O–H groups in total. The zero-order valence-corrected chi connectivity index (χ0v) is 25.1. The Kier molecular flexibility index (Phi) is 10.1. The van der Waals surface area contributed by atoms with Crippen molar-refractivity contribution in [1.82, 2.24) is 19.6 Å². The Bertz CT molecular complexity index is 1700. The molecule has 2 aromatic carbocycles. The predicted molar refractivity (Wildman–Crippen MR) is 159 cm³/mol. The van der Waals surface area contributed by atoms with Crippen LogP contribution in [0.5, 0.6) is 17.2 Å². The summed E-state index contributed by atoms with van der Waals surface area (Å²) in [7, 11) is -2.64. The summed E-state index contributed by atoms with van der Waals surface area (Å²) in [5.74, 6) is 1.86. The number of fused-ring (bicyclic) bond motifs is 1. The monoisotopic (exact) mass is 599 g/mol. The van der Waals surface area contributed by atoms with E-state index in [0.29, 0.717) is 47.1 Å². The van der Waals surface area contributed by atoms with E-state index in [4.69, 9.17) is 19.3 Å². The molecular formula is C29H37N5O7S. The summed E-state index contributed by atoms with van der Waals surface area (Å²) < 4.78 is 47.6. The van der Waals surface area contributed by atoms with Crippen LogP contribution in [0.15, 0.2) is 46.1 Å². The number of nitrogens with one attached hydrogen (secondary N) is 2. The zero-order chi connectivity index (χ0) is 30.3. The standard InChI is InChI=1S/C29H37N5O7S/c1-5-7-8-9-10-26-30-19(3)27-29(36)31-28(32-34(26)27)22-18-21(12-14-23(22)40-6-2)42(37,38)33-20-11-13-24(39-4)25(17-20)41-16-15-35/h11-14,17-18,33,35H,5-10,15-16H2,1-4H3,(H,31,32,36). The van der Waals surface area contributed by atoms with E-state index in [-0.39, 0.29) is 40.9 Å². The van der Waals surface area contributed by atoms with Crippen molar-refractivity contribution in [3.63, 3.8) is 0 Å². The molecule has 0 saturated heterocycles. The molecule has 0 radical (unpaired) electrons.